The minimum Gasteiger partial charge on any atom is -0.481 e. The van der Waals surface area contributed by atoms with Gasteiger partial charge in [-0.3, -0.25) is 19.4 Å². The zero-order valence-corrected chi connectivity index (χ0v) is 24.6. The Labute approximate surface area is 241 Å². The maximum Gasteiger partial charge on any atom is 0.304 e. The van der Waals surface area contributed by atoms with E-state index >= 15 is 0 Å². The van der Waals surface area contributed by atoms with Gasteiger partial charge in [0.25, 0.3) is 0 Å². The Morgan fingerprint density at radius 2 is 2.00 bits per heavy atom. The van der Waals surface area contributed by atoms with Crippen LogP contribution >= 0.6 is 34.3 Å². The Kier molecular flexibility index (Phi) is 8.92. The highest BCUT2D eigenvalue weighted by molar-refractivity contribution is 7.15. The van der Waals surface area contributed by atoms with Crippen LogP contribution in [0.25, 0.3) is 10.6 Å². The van der Waals surface area contributed by atoms with E-state index in [9.17, 15) is 9.59 Å². The summed E-state index contributed by atoms with van der Waals surface area (Å²) in [6, 6.07) is 2.65. The van der Waals surface area contributed by atoms with Crippen molar-refractivity contribution in [3.8, 4) is 10.6 Å². The highest BCUT2D eigenvalue weighted by Crippen LogP contribution is 2.36. The molecule has 2 aliphatic heterocycles. The molecule has 39 heavy (non-hydrogen) atoms. The van der Waals surface area contributed by atoms with E-state index in [0.717, 1.165) is 54.1 Å². The average molecular weight is 589 g/mol. The Bertz CT molecular complexity index is 1310. The number of halogens is 1. The van der Waals surface area contributed by atoms with Gasteiger partial charge in [0.2, 0.25) is 0 Å². The second kappa shape index (κ2) is 12.4. The summed E-state index contributed by atoms with van der Waals surface area (Å²) in [4.78, 5) is 46.9. The van der Waals surface area contributed by atoms with Crippen molar-refractivity contribution in [1.82, 2.24) is 24.8 Å². The van der Waals surface area contributed by atoms with Gasteiger partial charge in [0.05, 0.1) is 40.8 Å². The van der Waals surface area contributed by atoms with Gasteiger partial charge in [-0.05, 0) is 39.3 Å². The van der Waals surface area contributed by atoms with E-state index in [2.05, 4.69) is 38.5 Å². The molecule has 2 saturated heterocycles. The third-order valence-electron chi connectivity index (χ3n) is 7.46. The fourth-order valence-electron chi connectivity index (χ4n) is 5.30. The largest absolute Gasteiger partial charge is 0.481 e. The Morgan fingerprint density at radius 3 is 2.64 bits per heavy atom. The fraction of sp³-hybridized carbons (Fsp3) is 0.519. The molecule has 0 spiro atoms. The number of carboxylic acids is 1. The molecule has 3 aromatic rings. The molecule has 2 atom stereocenters. The number of rotatable bonds is 10. The number of ketones is 1. The first-order valence-electron chi connectivity index (χ1n) is 13.3. The summed E-state index contributed by atoms with van der Waals surface area (Å²) < 4.78 is 0. The lowest BCUT2D eigenvalue weighted by molar-refractivity contribution is -0.137. The second-order valence-electron chi connectivity index (χ2n) is 10.3. The molecule has 0 amide bonds. The summed E-state index contributed by atoms with van der Waals surface area (Å²) in [6.07, 6.45) is 5.96. The predicted molar refractivity (Wildman–Crippen MR) is 155 cm³/mol. The number of aromatic nitrogens is 3. The normalized spacial score (nSPS) is 20.5. The number of carbonyl (C=O) groups is 2. The molecule has 2 aliphatic rings. The number of aliphatic carboxylic acids is 1. The van der Waals surface area contributed by atoms with Crippen molar-refractivity contribution < 1.29 is 14.7 Å². The van der Waals surface area contributed by atoms with Crippen LogP contribution in [0.5, 0.6) is 0 Å². The van der Waals surface area contributed by atoms with Crippen LogP contribution in [0, 0.1) is 0 Å². The van der Waals surface area contributed by atoms with Gasteiger partial charge < -0.3 is 10.0 Å². The lowest BCUT2D eigenvalue weighted by Gasteiger charge is -2.40. The average Bonchev–Trinajstić information content (AvgIpc) is 3.63. The molecular formula is C27H33ClN6O3S2. The summed E-state index contributed by atoms with van der Waals surface area (Å²) in [7, 11) is 0. The van der Waals surface area contributed by atoms with Gasteiger partial charge in [-0.1, -0.05) is 11.6 Å². The van der Waals surface area contributed by atoms with E-state index in [4.69, 9.17) is 21.7 Å². The number of nitrogens with zero attached hydrogens (tertiary/aromatic N) is 6. The molecule has 12 heteroatoms. The summed E-state index contributed by atoms with van der Waals surface area (Å²) in [5.41, 5.74) is 1.26. The number of hydrogen-bond donors (Lipinski definition) is 1. The van der Waals surface area contributed by atoms with Crippen LogP contribution in [0.3, 0.4) is 0 Å². The van der Waals surface area contributed by atoms with Gasteiger partial charge in [-0.25, -0.2) is 15.0 Å². The number of thiazole rings is 1. The number of thiophene rings is 1. The number of likely N-dealkylation sites (tertiary alicyclic amines) is 1. The Balaban J connectivity index is 1.25. The fourth-order valence-corrected chi connectivity index (χ4v) is 7.56. The number of hydrogen-bond acceptors (Lipinski definition) is 10. The highest BCUT2D eigenvalue weighted by Gasteiger charge is 2.27. The lowest BCUT2D eigenvalue weighted by atomic mass is 10.2. The third kappa shape index (κ3) is 6.83. The minimum absolute atomic E-state index is 0.105. The van der Waals surface area contributed by atoms with Crippen LogP contribution in [-0.4, -0.2) is 86.4 Å². The molecule has 5 heterocycles. The second-order valence-corrected chi connectivity index (χ2v) is 12.8. The van der Waals surface area contributed by atoms with Gasteiger partial charge >= 0.3 is 5.97 Å². The van der Waals surface area contributed by atoms with E-state index < -0.39 is 5.97 Å². The molecule has 3 aromatic heterocycles. The summed E-state index contributed by atoms with van der Waals surface area (Å²) in [6.45, 7) is 9.07. The van der Waals surface area contributed by atoms with Crippen molar-refractivity contribution >= 4 is 51.8 Å². The van der Waals surface area contributed by atoms with Crippen molar-refractivity contribution in [1.29, 1.82) is 0 Å². The molecule has 5 rings (SSSR count). The van der Waals surface area contributed by atoms with Crippen LogP contribution in [0.2, 0.25) is 5.02 Å². The lowest BCUT2D eigenvalue weighted by Crippen LogP contribution is -2.52. The van der Waals surface area contributed by atoms with Gasteiger partial charge in [0.1, 0.15) is 16.5 Å². The topological polar surface area (TPSA) is 103 Å². The van der Waals surface area contributed by atoms with Crippen molar-refractivity contribution in [2.45, 2.75) is 58.2 Å². The van der Waals surface area contributed by atoms with E-state index in [0.29, 0.717) is 23.3 Å². The first-order chi connectivity index (χ1) is 18.8. The van der Waals surface area contributed by atoms with Crippen molar-refractivity contribution in [2.75, 3.05) is 37.6 Å². The summed E-state index contributed by atoms with van der Waals surface area (Å²) in [5, 5.41) is 12.3. The van der Waals surface area contributed by atoms with Crippen LogP contribution in [0.15, 0.2) is 23.8 Å². The first-order valence-corrected chi connectivity index (χ1v) is 15.4. The summed E-state index contributed by atoms with van der Waals surface area (Å²) in [5.74, 6) is -0.158. The van der Waals surface area contributed by atoms with Crippen LogP contribution < -0.4 is 4.90 Å². The van der Waals surface area contributed by atoms with Crippen LogP contribution in [-0.2, 0) is 17.8 Å². The van der Waals surface area contributed by atoms with E-state index in [1.54, 1.807) is 35.1 Å². The van der Waals surface area contributed by atoms with E-state index in [1.165, 1.54) is 17.7 Å². The van der Waals surface area contributed by atoms with Gasteiger partial charge in [0.15, 0.2) is 5.78 Å². The number of carboxylic acid groups (broad SMARTS) is 1. The Morgan fingerprint density at radius 1 is 1.15 bits per heavy atom. The zero-order chi connectivity index (χ0) is 27.5. The molecule has 9 nitrogen and oxygen atoms in total. The molecule has 208 valence electrons. The molecular weight excluding hydrogens is 556 g/mol. The standard InChI is InChI=1S/C27H33ClN6O3S2/c1-17-4-3-6-33(17)15-23-27(22-10-19(28)16-38-22)31-25(39-23)11-21(35)20-12-30-24(13-29-20)34-9-8-32(14-18(34)2)7-5-26(36)37/h10,12-13,16-18H,3-9,11,14-15H2,1-2H3,(H,36,37)/t17-,18-/m1/s1. The number of carbonyl (C=O) groups excluding carboxylic acids is 1. The monoisotopic (exact) mass is 588 g/mol. The molecule has 0 radical (unpaired) electrons. The van der Waals surface area contributed by atoms with Gasteiger partial charge in [-0.15, -0.1) is 22.7 Å². The first kappa shape index (κ1) is 28.1. The zero-order valence-electron chi connectivity index (χ0n) is 22.2. The maximum atomic E-state index is 13.2. The van der Waals surface area contributed by atoms with Crippen LogP contribution in [0.1, 0.15) is 53.5 Å². The van der Waals surface area contributed by atoms with Gasteiger partial charge in [0, 0.05) is 55.1 Å². The maximum absolute atomic E-state index is 13.2. The Hall–Kier alpha value is -2.44. The van der Waals surface area contributed by atoms with Crippen molar-refractivity contribution in [3.05, 3.63) is 44.4 Å². The molecule has 1 N–H and O–H groups in total. The van der Waals surface area contributed by atoms with Crippen molar-refractivity contribution in [2.24, 2.45) is 0 Å². The third-order valence-corrected chi connectivity index (χ3v) is 9.79. The highest BCUT2D eigenvalue weighted by atomic mass is 35.5. The molecule has 2 fully saturated rings. The molecule has 0 aliphatic carbocycles. The SMILES string of the molecule is C[C@@H]1CCCN1Cc1sc(CC(=O)c2cnc(N3CCN(CCC(=O)O)C[C@H]3C)cn2)nc1-c1cc(Cl)cs1. The minimum atomic E-state index is -0.779. The number of Topliss-reactive ketones (excluding diaryl/α,β-unsaturated/α-hetero) is 1. The summed E-state index contributed by atoms with van der Waals surface area (Å²) >= 11 is 9.39. The smallest absolute Gasteiger partial charge is 0.304 e. The molecule has 0 bridgehead atoms. The molecule has 0 unspecified atom stereocenters. The van der Waals surface area contributed by atoms with Gasteiger partial charge in [-0.2, -0.15) is 0 Å². The molecule has 0 aromatic carbocycles. The predicted octanol–water partition coefficient (Wildman–Crippen LogP) is 4.71. The van der Waals surface area contributed by atoms with E-state index in [-0.39, 0.29) is 24.7 Å². The molecule has 0 saturated carbocycles. The quantitative estimate of drug-likeness (QED) is 0.337. The number of piperazine rings is 1. The van der Waals surface area contributed by atoms with Crippen molar-refractivity contribution in [3.63, 3.8) is 0 Å². The van der Waals surface area contributed by atoms with Crippen LogP contribution in [0.4, 0.5) is 5.82 Å². The van der Waals surface area contributed by atoms with E-state index in [1.807, 2.05) is 11.4 Å². The number of anilines is 1.